The van der Waals surface area contributed by atoms with Crippen LogP contribution in [0.15, 0.2) is 18.2 Å². The van der Waals surface area contributed by atoms with Crippen molar-refractivity contribution >= 4 is 11.4 Å². The predicted octanol–water partition coefficient (Wildman–Crippen LogP) is 3.19. The molecule has 0 aliphatic heterocycles. The Labute approximate surface area is 118 Å². The zero-order valence-corrected chi connectivity index (χ0v) is 11.3. The standard InChI is InChI=1S/C13H15F3N2O3/c1-12(7-19,8-2-3-8)17-10-5-4-9(13(14,15)16)6-11(10)18(20)21/h4-6,8,17,19H,2-3,7H2,1H3. The SMILES string of the molecule is CC(CO)(Nc1ccc(C(F)(F)F)cc1[N+](=O)[O-])C1CC1. The summed E-state index contributed by atoms with van der Waals surface area (Å²) in [5.41, 5.74) is -2.51. The third kappa shape index (κ3) is 3.26. The first-order chi connectivity index (χ1) is 9.67. The molecule has 1 saturated carbocycles. The molecule has 2 N–H and O–H groups in total. The lowest BCUT2D eigenvalue weighted by Crippen LogP contribution is -2.41. The molecule has 1 unspecified atom stereocenters. The van der Waals surface area contributed by atoms with Gasteiger partial charge in [0.2, 0.25) is 0 Å². The molecule has 21 heavy (non-hydrogen) atoms. The fourth-order valence-corrected chi connectivity index (χ4v) is 2.26. The predicted molar refractivity (Wildman–Crippen MR) is 69.9 cm³/mol. The van der Waals surface area contributed by atoms with Crippen molar-refractivity contribution in [3.05, 3.63) is 33.9 Å². The van der Waals surface area contributed by atoms with E-state index in [1.807, 2.05) is 0 Å². The van der Waals surface area contributed by atoms with Gasteiger partial charge in [-0.2, -0.15) is 13.2 Å². The number of benzene rings is 1. The molecular weight excluding hydrogens is 289 g/mol. The summed E-state index contributed by atoms with van der Waals surface area (Å²) < 4.78 is 37.9. The fraction of sp³-hybridized carbons (Fsp3) is 0.538. The molecule has 1 fully saturated rings. The number of aliphatic hydroxyl groups is 1. The normalized spacial score (nSPS) is 18.1. The van der Waals surface area contributed by atoms with Gasteiger partial charge in [0, 0.05) is 6.07 Å². The monoisotopic (exact) mass is 304 g/mol. The van der Waals surface area contributed by atoms with Crippen molar-refractivity contribution in [2.45, 2.75) is 31.5 Å². The van der Waals surface area contributed by atoms with Crippen LogP contribution in [0.3, 0.4) is 0 Å². The number of aliphatic hydroxyl groups excluding tert-OH is 1. The van der Waals surface area contributed by atoms with Crippen LogP contribution in [-0.2, 0) is 6.18 Å². The van der Waals surface area contributed by atoms with Crippen molar-refractivity contribution in [2.75, 3.05) is 11.9 Å². The third-order valence-corrected chi connectivity index (χ3v) is 3.75. The highest BCUT2D eigenvalue weighted by Crippen LogP contribution is 2.43. The second-order valence-electron chi connectivity index (χ2n) is 5.46. The molecule has 8 heteroatoms. The van der Waals surface area contributed by atoms with Crippen molar-refractivity contribution in [3.8, 4) is 0 Å². The van der Waals surface area contributed by atoms with Crippen LogP contribution in [0.2, 0.25) is 0 Å². The van der Waals surface area contributed by atoms with Crippen molar-refractivity contribution in [1.29, 1.82) is 0 Å². The number of halogens is 3. The van der Waals surface area contributed by atoms with E-state index in [9.17, 15) is 28.4 Å². The topological polar surface area (TPSA) is 75.4 Å². The van der Waals surface area contributed by atoms with Crippen molar-refractivity contribution in [1.82, 2.24) is 0 Å². The maximum Gasteiger partial charge on any atom is 0.416 e. The van der Waals surface area contributed by atoms with Crippen LogP contribution < -0.4 is 5.32 Å². The summed E-state index contributed by atoms with van der Waals surface area (Å²) in [6, 6.07) is 2.34. The summed E-state index contributed by atoms with van der Waals surface area (Å²) in [5.74, 6) is 0.157. The van der Waals surface area contributed by atoms with Gasteiger partial charge in [-0.15, -0.1) is 0 Å². The number of hydrogen-bond donors (Lipinski definition) is 2. The molecular formula is C13H15F3N2O3. The second kappa shape index (κ2) is 5.18. The molecule has 1 aliphatic carbocycles. The number of nitrogens with zero attached hydrogens (tertiary/aromatic N) is 1. The first-order valence-electron chi connectivity index (χ1n) is 6.42. The Morgan fingerprint density at radius 1 is 1.43 bits per heavy atom. The molecule has 1 aliphatic rings. The summed E-state index contributed by atoms with van der Waals surface area (Å²) >= 11 is 0. The van der Waals surface area contributed by atoms with Crippen LogP contribution in [0.4, 0.5) is 24.5 Å². The molecule has 0 saturated heterocycles. The molecule has 0 spiro atoms. The quantitative estimate of drug-likeness (QED) is 0.647. The van der Waals surface area contributed by atoms with Gasteiger partial charge >= 0.3 is 6.18 Å². The molecule has 0 heterocycles. The van der Waals surface area contributed by atoms with Crippen LogP contribution in [0.5, 0.6) is 0 Å². The smallest absolute Gasteiger partial charge is 0.394 e. The molecule has 5 nitrogen and oxygen atoms in total. The van der Waals surface area contributed by atoms with Gasteiger partial charge < -0.3 is 10.4 Å². The lowest BCUT2D eigenvalue weighted by atomic mass is 9.96. The summed E-state index contributed by atoms with van der Waals surface area (Å²) in [6.45, 7) is 1.45. The molecule has 0 aromatic heterocycles. The van der Waals surface area contributed by atoms with E-state index in [1.54, 1.807) is 6.92 Å². The molecule has 1 aromatic carbocycles. The molecule has 1 atom stereocenters. The van der Waals surface area contributed by atoms with E-state index in [1.165, 1.54) is 0 Å². The van der Waals surface area contributed by atoms with Crippen LogP contribution in [-0.4, -0.2) is 22.2 Å². The molecule has 0 radical (unpaired) electrons. The molecule has 116 valence electrons. The maximum atomic E-state index is 12.6. The average Bonchev–Trinajstić information content (AvgIpc) is 3.22. The van der Waals surface area contributed by atoms with E-state index in [2.05, 4.69) is 5.32 Å². The molecule has 2 rings (SSSR count). The minimum absolute atomic E-state index is 0.0172. The Kier molecular flexibility index (Phi) is 3.83. The number of nitro benzene ring substituents is 1. The third-order valence-electron chi connectivity index (χ3n) is 3.75. The van der Waals surface area contributed by atoms with Crippen LogP contribution in [0.25, 0.3) is 0 Å². The Balaban J connectivity index is 2.37. The summed E-state index contributed by atoms with van der Waals surface area (Å²) in [4.78, 5) is 10.1. The number of nitro groups is 1. The Morgan fingerprint density at radius 3 is 2.48 bits per heavy atom. The van der Waals surface area contributed by atoms with Gasteiger partial charge in [-0.25, -0.2) is 0 Å². The van der Waals surface area contributed by atoms with E-state index in [0.29, 0.717) is 6.07 Å². The highest BCUT2D eigenvalue weighted by Gasteiger charge is 2.42. The summed E-state index contributed by atoms with van der Waals surface area (Å²) in [6.07, 6.45) is -2.89. The Bertz CT molecular complexity index is 558. The summed E-state index contributed by atoms with van der Waals surface area (Å²) in [5, 5.41) is 23.3. The van der Waals surface area contributed by atoms with E-state index >= 15 is 0 Å². The fourth-order valence-electron chi connectivity index (χ4n) is 2.26. The molecule has 1 aromatic rings. The van der Waals surface area contributed by atoms with Gasteiger partial charge in [0.05, 0.1) is 22.6 Å². The highest BCUT2D eigenvalue weighted by atomic mass is 19.4. The molecule has 0 bridgehead atoms. The Hall–Kier alpha value is -1.83. The number of nitrogens with one attached hydrogen (secondary N) is 1. The number of hydrogen-bond acceptors (Lipinski definition) is 4. The largest absolute Gasteiger partial charge is 0.416 e. The van der Waals surface area contributed by atoms with Crippen LogP contribution in [0.1, 0.15) is 25.3 Å². The van der Waals surface area contributed by atoms with Gasteiger partial charge in [0.1, 0.15) is 5.69 Å². The van der Waals surface area contributed by atoms with E-state index in [0.717, 1.165) is 25.0 Å². The second-order valence-corrected chi connectivity index (χ2v) is 5.46. The summed E-state index contributed by atoms with van der Waals surface area (Å²) in [7, 11) is 0. The van der Waals surface area contributed by atoms with E-state index in [-0.39, 0.29) is 18.2 Å². The van der Waals surface area contributed by atoms with Gasteiger partial charge in [-0.05, 0) is 37.8 Å². The highest BCUT2D eigenvalue weighted by molar-refractivity contribution is 5.64. The lowest BCUT2D eigenvalue weighted by molar-refractivity contribution is -0.384. The average molecular weight is 304 g/mol. The van der Waals surface area contributed by atoms with E-state index in [4.69, 9.17) is 0 Å². The maximum absolute atomic E-state index is 12.6. The number of alkyl halides is 3. The van der Waals surface area contributed by atoms with Gasteiger partial charge in [0.25, 0.3) is 5.69 Å². The van der Waals surface area contributed by atoms with Gasteiger partial charge in [0.15, 0.2) is 0 Å². The first kappa shape index (κ1) is 15.6. The van der Waals surface area contributed by atoms with E-state index < -0.39 is 27.9 Å². The minimum Gasteiger partial charge on any atom is -0.394 e. The van der Waals surface area contributed by atoms with Crippen LogP contribution >= 0.6 is 0 Å². The zero-order valence-electron chi connectivity index (χ0n) is 11.3. The van der Waals surface area contributed by atoms with Crippen molar-refractivity contribution in [2.24, 2.45) is 5.92 Å². The lowest BCUT2D eigenvalue weighted by Gasteiger charge is -2.30. The van der Waals surface area contributed by atoms with Gasteiger partial charge in [-0.3, -0.25) is 10.1 Å². The number of rotatable bonds is 5. The first-order valence-corrected chi connectivity index (χ1v) is 6.42. The number of anilines is 1. The van der Waals surface area contributed by atoms with Crippen molar-refractivity contribution in [3.63, 3.8) is 0 Å². The zero-order chi connectivity index (χ0) is 15.8. The van der Waals surface area contributed by atoms with Crippen molar-refractivity contribution < 1.29 is 23.2 Å². The Morgan fingerprint density at radius 2 is 2.05 bits per heavy atom. The minimum atomic E-state index is -4.64. The molecule has 0 amide bonds. The van der Waals surface area contributed by atoms with Gasteiger partial charge in [-0.1, -0.05) is 0 Å². The van der Waals surface area contributed by atoms with Crippen LogP contribution in [0, 0.1) is 16.0 Å².